The van der Waals surface area contributed by atoms with Crippen molar-refractivity contribution in [1.29, 1.82) is 0 Å². The quantitative estimate of drug-likeness (QED) is 0.698. The van der Waals surface area contributed by atoms with Crippen LogP contribution in [0.5, 0.6) is 0 Å². The fourth-order valence-corrected chi connectivity index (χ4v) is 2.08. The van der Waals surface area contributed by atoms with Gasteiger partial charge in [0.25, 0.3) is 0 Å². The maximum Gasteiger partial charge on any atom is 0.133 e. The number of aromatic nitrogens is 1. The lowest BCUT2D eigenvalue weighted by Crippen LogP contribution is -2.22. The van der Waals surface area contributed by atoms with E-state index in [4.69, 9.17) is 4.52 Å². The summed E-state index contributed by atoms with van der Waals surface area (Å²) in [6.45, 7) is 6.46. The highest BCUT2D eigenvalue weighted by Gasteiger charge is 2.26. The Labute approximate surface area is 78.7 Å². The summed E-state index contributed by atoms with van der Waals surface area (Å²) in [5, 5.41) is 4.08. The summed E-state index contributed by atoms with van der Waals surface area (Å²) in [6.07, 6.45) is 2.50. The Bertz CT molecular complexity index is 282. The fourth-order valence-electron chi connectivity index (χ4n) is 2.08. The number of hydrogen-bond donors (Lipinski definition) is 0. The van der Waals surface area contributed by atoms with Crippen LogP contribution in [0.1, 0.15) is 37.3 Å². The van der Waals surface area contributed by atoms with Crippen molar-refractivity contribution in [2.45, 2.75) is 32.7 Å². The van der Waals surface area contributed by atoms with Gasteiger partial charge in [0, 0.05) is 6.07 Å². The van der Waals surface area contributed by atoms with Gasteiger partial charge in [-0.2, -0.15) is 0 Å². The van der Waals surface area contributed by atoms with Crippen LogP contribution in [0.3, 0.4) is 0 Å². The molecular weight excluding hydrogens is 164 g/mol. The van der Waals surface area contributed by atoms with Crippen LogP contribution in [0.25, 0.3) is 0 Å². The molecule has 1 aromatic rings. The molecule has 1 aromatic heterocycles. The lowest BCUT2D eigenvalue weighted by Gasteiger charge is -2.19. The number of hydrogen-bond acceptors (Lipinski definition) is 3. The third-order valence-electron chi connectivity index (χ3n) is 2.76. The zero-order chi connectivity index (χ0) is 9.26. The van der Waals surface area contributed by atoms with Gasteiger partial charge in [-0.3, -0.25) is 4.90 Å². The first-order chi connectivity index (χ1) is 6.31. The van der Waals surface area contributed by atoms with Gasteiger partial charge in [-0.1, -0.05) is 12.1 Å². The Hall–Kier alpha value is -0.830. The number of rotatable bonds is 2. The van der Waals surface area contributed by atoms with Gasteiger partial charge >= 0.3 is 0 Å². The molecule has 0 aromatic carbocycles. The van der Waals surface area contributed by atoms with Crippen molar-refractivity contribution in [2.75, 3.05) is 13.1 Å². The molecule has 0 spiro atoms. The lowest BCUT2D eigenvalue weighted by atomic mass is 10.1. The number of likely N-dealkylation sites (tertiary alicyclic amines) is 1. The average Bonchev–Trinajstić information content (AvgIpc) is 2.71. The summed E-state index contributed by atoms with van der Waals surface area (Å²) in [5.41, 5.74) is 1.11. The Kier molecular flexibility index (Phi) is 2.36. The molecule has 3 heteroatoms. The Morgan fingerprint density at radius 2 is 2.54 bits per heavy atom. The Morgan fingerprint density at radius 1 is 1.69 bits per heavy atom. The molecule has 1 saturated heterocycles. The molecule has 2 heterocycles. The van der Waals surface area contributed by atoms with Gasteiger partial charge in [-0.25, -0.2) is 0 Å². The van der Waals surface area contributed by atoms with E-state index in [1.165, 1.54) is 19.4 Å². The summed E-state index contributed by atoms with van der Waals surface area (Å²) < 4.78 is 5.09. The van der Waals surface area contributed by atoms with Crippen LogP contribution in [0.15, 0.2) is 10.6 Å². The molecule has 1 fully saturated rings. The molecular formula is C10H16N2O. The van der Waals surface area contributed by atoms with E-state index >= 15 is 0 Å². The lowest BCUT2D eigenvalue weighted by molar-refractivity contribution is 0.257. The maximum absolute atomic E-state index is 5.09. The molecule has 3 nitrogen and oxygen atoms in total. The van der Waals surface area contributed by atoms with E-state index in [0.29, 0.717) is 6.04 Å². The van der Waals surface area contributed by atoms with E-state index in [1.54, 1.807) is 0 Å². The molecule has 0 amide bonds. The molecule has 1 atom stereocenters. The van der Waals surface area contributed by atoms with E-state index in [2.05, 4.69) is 23.0 Å². The van der Waals surface area contributed by atoms with Crippen LogP contribution in [0.4, 0.5) is 0 Å². The molecule has 2 rings (SSSR count). The van der Waals surface area contributed by atoms with E-state index in [9.17, 15) is 0 Å². The zero-order valence-corrected chi connectivity index (χ0v) is 8.29. The van der Waals surface area contributed by atoms with Gasteiger partial charge in [0.1, 0.15) is 11.5 Å². The molecule has 13 heavy (non-hydrogen) atoms. The maximum atomic E-state index is 5.09. The van der Waals surface area contributed by atoms with Crippen LogP contribution in [-0.4, -0.2) is 23.1 Å². The summed E-state index contributed by atoms with van der Waals surface area (Å²) in [4.78, 5) is 2.46. The molecule has 0 aliphatic carbocycles. The van der Waals surface area contributed by atoms with Crippen molar-refractivity contribution in [2.24, 2.45) is 0 Å². The zero-order valence-electron chi connectivity index (χ0n) is 8.29. The molecule has 1 unspecified atom stereocenters. The predicted octanol–water partition coefficient (Wildman–Crippen LogP) is 2.14. The van der Waals surface area contributed by atoms with Crippen molar-refractivity contribution in [3.05, 3.63) is 17.5 Å². The van der Waals surface area contributed by atoms with Gasteiger partial charge in [0.15, 0.2) is 0 Å². The van der Waals surface area contributed by atoms with Crippen molar-refractivity contribution in [3.63, 3.8) is 0 Å². The first kappa shape index (κ1) is 8.75. The Balaban J connectivity index is 2.15. The minimum atomic E-state index is 0.502. The minimum Gasteiger partial charge on any atom is -0.361 e. The largest absolute Gasteiger partial charge is 0.361 e. The van der Waals surface area contributed by atoms with Gasteiger partial charge in [-0.05, 0) is 32.9 Å². The van der Waals surface area contributed by atoms with Gasteiger partial charge < -0.3 is 4.52 Å². The van der Waals surface area contributed by atoms with Gasteiger partial charge in [0.2, 0.25) is 0 Å². The van der Waals surface area contributed by atoms with Crippen molar-refractivity contribution >= 4 is 0 Å². The summed E-state index contributed by atoms with van der Waals surface area (Å²) in [7, 11) is 0. The molecule has 0 saturated carbocycles. The number of nitrogens with zero attached hydrogens (tertiary/aromatic N) is 2. The van der Waals surface area contributed by atoms with Crippen LogP contribution in [-0.2, 0) is 0 Å². The molecule has 72 valence electrons. The second kappa shape index (κ2) is 3.50. The molecule has 1 aliphatic heterocycles. The van der Waals surface area contributed by atoms with Crippen molar-refractivity contribution in [3.8, 4) is 0 Å². The molecule has 1 aliphatic rings. The topological polar surface area (TPSA) is 29.3 Å². The fraction of sp³-hybridized carbons (Fsp3) is 0.700. The third kappa shape index (κ3) is 1.61. The van der Waals surface area contributed by atoms with E-state index in [0.717, 1.165) is 18.0 Å². The summed E-state index contributed by atoms with van der Waals surface area (Å²) in [5.74, 6) is 0.915. The van der Waals surface area contributed by atoms with Gasteiger partial charge in [0.05, 0.1) is 6.04 Å². The average molecular weight is 180 g/mol. The summed E-state index contributed by atoms with van der Waals surface area (Å²) in [6, 6.07) is 2.56. The van der Waals surface area contributed by atoms with E-state index in [1.807, 2.05) is 6.92 Å². The van der Waals surface area contributed by atoms with E-state index < -0.39 is 0 Å². The monoisotopic (exact) mass is 180 g/mol. The number of aryl methyl sites for hydroxylation is 1. The third-order valence-corrected chi connectivity index (χ3v) is 2.76. The smallest absolute Gasteiger partial charge is 0.133 e. The minimum absolute atomic E-state index is 0.502. The van der Waals surface area contributed by atoms with Crippen LogP contribution in [0.2, 0.25) is 0 Å². The molecule has 0 bridgehead atoms. The van der Waals surface area contributed by atoms with Gasteiger partial charge in [-0.15, -0.1) is 0 Å². The molecule has 0 N–H and O–H groups in total. The first-order valence-electron chi connectivity index (χ1n) is 4.98. The second-order valence-electron chi connectivity index (χ2n) is 3.65. The second-order valence-corrected chi connectivity index (χ2v) is 3.65. The molecule has 0 radical (unpaired) electrons. The van der Waals surface area contributed by atoms with Crippen LogP contribution in [0, 0.1) is 6.92 Å². The highest BCUT2D eigenvalue weighted by molar-refractivity contribution is 5.10. The normalized spacial score (nSPS) is 24.0. The highest BCUT2D eigenvalue weighted by atomic mass is 16.5. The summed E-state index contributed by atoms with van der Waals surface area (Å²) >= 11 is 0. The Morgan fingerprint density at radius 3 is 3.15 bits per heavy atom. The SMILES string of the molecule is CCN1CCCC1c1cc(C)on1. The van der Waals surface area contributed by atoms with Crippen LogP contribution < -0.4 is 0 Å². The van der Waals surface area contributed by atoms with Crippen molar-refractivity contribution in [1.82, 2.24) is 10.1 Å². The first-order valence-corrected chi connectivity index (χ1v) is 4.98. The van der Waals surface area contributed by atoms with E-state index in [-0.39, 0.29) is 0 Å². The standard InChI is InChI=1S/C10H16N2O/c1-3-12-6-4-5-10(12)9-7-8(2)13-11-9/h7,10H,3-6H2,1-2H3. The van der Waals surface area contributed by atoms with Crippen LogP contribution >= 0.6 is 0 Å². The predicted molar refractivity (Wildman–Crippen MR) is 50.5 cm³/mol. The van der Waals surface area contributed by atoms with Crippen molar-refractivity contribution < 1.29 is 4.52 Å². The highest BCUT2D eigenvalue weighted by Crippen LogP contribution is 2.30.